The molecule has 5 nitrogen and oxygen atoms in total. The van der Waals surface area contributed by atoms with Crippen molar-refractivity contribution in [2.24, 2.45) is 0 Å². The molecule has 0 atom stereocenters. The Morgan fingerprint density at radius 1 is 1.00 bits per heavy atom. The van der Waals surface area contributed by atoms with Crippen LogP contribution in [0.2, 0.25) is 0 Å². The van der Waals surface area contributed by atoms with Gasteiger partial charge in [-0.1, -0.05) is 46.3 Å². The van der Waals surface area contributed by atoms with Gasteiger partial charge in [0.1, 0.15) is 11.3 Å². The first kappa shape index (κ1) is 19.0. The highest BCUT2D eigenvalue weighted by atomic mass is 79.9. The predicted octanol–water partition coefficient (Wildman–Crippen LogP) is 5.48. The molecule has 1 aromatic heterocycles. The van der Waals surface area contributed by atoms with Crippen LogP contribution in [0.15, 0.2) is 86.5 Å². The Morgan fingerprint density at radius 2 is 1.83 bits per heavy atom. The summed E-state index contributed by atoms with van der Waals surface area (Å²) in [6.07, 6.45) is 0. The standard InChI is InChI=1S/C23H16BrNO4/c1-28-21-10-9-14(18-12-15-5-2-3-8-20(15)29-23(18)27)13-19(21)25-22(26)16-6-4-7-17(24)11-16/h2-13H,1H3,(H,25,26). The maximum atomic E-state index is 12.7. The molecular weight excluding hydrogens is 434 g/mol. The van der Waals surface area contributed by atoms with Gasteiger partial charge < -0.3 is 14.5 Å². The number of fused-ring (bicyclic) bond motifs is 1. The van der Waals surface area contributed by atoms with Gasteiger partial charge in [-0.05, 0) is 48.0 Å². The van der Waals surface area contributed by atoms with Crippen LogP contribution in [0.4, 0.5) is 5.69 Å². The van der Waals surface area contributed by atoms with E-state index in [1.165, 1.54) is 7.11 Å². The Hall–Kier alpha value is -3.38. The van der Waals surface area contributed by atoms with Gasteiger partial charge in [0.25, 0.3) is 5.91 Å². The third-order valence-corrected chi connectivity index (χ3v) is 4.98. The number of hydrogen-bond acceptors (Lipinski definition) is 4. The molecule has 0 fully saturated rings. The van der Waals surface area contributed by atoms with Crippen LogP contribution in [0.5, 0.6) is 5.75 Å². The van der Waals surface area contributed by atoms with Crippen LogP contribution in [-0.2, 0) is 0 Å². The van der Waals surface area contributed by atoms with Crippen molar-refractivity contribution in [3.05, 3.63) is 93.3 Å². The Bertz CT molecular complexity index is 1280. The van der Waals surface area contributed by atoms with Gasteiger partial charge in [0, 0.05) is 15.4 Å². The number of carbonyl (C=O) groups excluding carboxylic acids is 1. The molecule has 3 aromatic carbocycles. The average molecular weight is 450 g/mol. The number of methoxy groups -OCH3 is 1. The molecule has 0 radical (unpaired) electrons. The Balaban J connectivity index is 1.75. The van der Waals surface area contributed by atoms with Crippen molar-refractivity contribution in [3.8, 4) is 16.9 Å². The lowest BCUT2D eigenvalue weighted by molar-refractivity contribution is 0.102. The van der Waals surface area contributed by atoms with Crippen molar-refractivity contribution in [1.29, 1.82) is 0 Å². The zero-order valence-electron chi connectivity index (χ0n) is 15.4. The number of para-hydroxylation sites is 1. The van der Waals surface area contributed by atoms with Crippen molar-refractivity contribution in [3.63, 3.8) is 0 Å². The van der Waals surface area contributed by atoms with Crippen LogP contribution in [-0.4, -0.2) is 13.0 Å². The highest BCUT2D eigenvalue weighted by molar-refractivity contribution is 9.10. The number of hydrogen-bond donors (Lipinski definition) is 1. The smallest absolute Gasteiger partial charge is 0.344 e. The minimum atomic E-state index is -0.446. The summed E-state index contributed by atoms with van der Waals surface area (Å²) in [6, 6.07) is 21.3. The van der Waals surface area contributed by atoms with Crippen LogP contribution in [0.1, 0.15) is 10.4 Å². The number of benzene rings is 3. The Morgan fingerprint density at radius 3 is 2.62 bits per heavy atom. The van der Waals surface area contributed by atoms with Crippen LogP contribution in [0.25, 0.3) is 22.1 Å². The first-order chi connectivity index (χ1) is 14.0. The number of rotatable bonds is 4. The number of anilines is 1. The number of carbonyl (C=O) groups is 1. The molecule has 0 aliphatic heterocycles. The van der Waals surface area contributed by atoms with Crippen LogP contribution < -0.4 is 15.7 Å². The first-order valence-corrected chi connectivity index (χ1v) is 9.62. The summed E-state index contributed by atoms with van der Waals surface area (Å²) in [5.41, 5.74) is 2.06. The topological polar surface area (TPSA) is 68.5 Å². The van der Waals surface area contributed by atoms with E-state index in [0.29, 0.717) is 33.7 Å². The molecule has 1 amide bonds. The van der Waals surface area contributed by atoms with Gasteiger partial charge in [0.2, 0.25) is 0 Å². The van der Waals surface area contributed by atoms with E-state index in [4.69, 9.17) is 9.15 Å². The molecule has 29 heavy (non-hydrogen) atoms. The molecule has 0 saturated heterocycles. The van der Waals surface area contributed by atoms with Gasteiger partial charge in [-0.25, -0.2) is 4.79 Å². The molecule has 0 aliphatic carbocycles. The monoisotopic (exact) mass is 449 g/mol. The van der Waals surface area contributed by atoms with Crippen molar-refractivity contribution >= 4 is 38.5 Å². The Labute approximate surface area is 175 Å². The zero-order chi connectivity index (χ0) is 20.4. The molecule has 0 saturated carbocycles. The lowest BCUT2D eigenvalue weighted by atomic mass is 10.0. The number of ether oxygens (including phenoxy) is 1. The molecule has 0 bridgehead atoms. The molecule has 1 N–H and O–H groups in total. The Kier molecular flexibility index (Phi) is 5.18. The van der Waals surface area contributed by atoms with Gasteiger partial charge in [0.05, 0.1) is 18.4 Å². The summed E-state index contributed by atoms with van der Waals surface area (Å²) in [5.74, 6) is 0.203. The fraction of sp³-hybridized carbons (Fsp3) is 0.0435. The summed E-state index contributed by atoms with van der Waals surface area (Å²) in [4.78, 5) is 25.1. The second kappa shape index (κ2) is 7.93. The van der Waals surface area contributed by atoms with E-state index in [0.717, 1.165) is 9.86 Å². The summed E-state index contributed by atoms with van der Waals surface area (Å²) >= 11 is 3.36. The SMILES string of the molecule is COc1ccc(-c2cc3ccccc3oc2=O)cc1NC(=O)c1cccc(Br)c1. The van der Waals surface area contributed by atoms with Crippen molar-refractivity contribution < 1.29 is 13.9 Å². The van der Waals surface area contributed by atoms with Crippen molar-refractivity contribution in [2.45, 2.75) is 0 Å². The van der Waals surface area contributed by atoms with Gasteiger partial charge in [-0.3, -0.25) is 4.79 Å². The largest absolute Gasteiger partial charge is 0.495 e. The number of halogens is 1. The minimum absolute atomic E-state index is 0.285. The summed E-state index contributed by atoms with van der Waals surface area (Å²) in [7, 11) is 1.52. The van der Waals surface area contributed by atoms with Crippen molar-refractivity contribution in [1.82, 2.24) is 0 Å². The lowest BCUT2D eigenvalue weighted by Gasteiger charge is -2.12. The fourth-order valence-electron chi connectivity index (χ4n) is 3.06. The normalized spacial score (nSPS) is 10.7. The van der Waals surface area contributed by atoms with Crippen LogP contribution in [0, 0.1) is 0 Å². The number of nitrogens with one attached hydrogen (secondary N) is 1. The predicted molar refractivity (Wildman–Crippen MR) is 117 cm³/mol. The highest BCUT2D eigenvalue weighted by Crippen LogP contribution is 2.31. The maximum absolute atomic E-state index is 12.7. The second-order valence-corrected chi connectivity index (χ2v) is 7.28. The molecule has 4 aromatic rings. The molecule has 0 unspecified atom stereocenters. The molecule has 4 rings (SSSR count). The summed E-state index contributed by atoms with van der Waals surface area (Å²) < 4.78 is 11.6. The zero-order valence-corrected chi connectivity index (χ0v) is 17.0. The van der Waals surface area contributed by atoms with Gasteiger partial charge in [-0.2, -0.15) is 0 Å². The first-order valence-electron chi connectivity index (χ1n) is 8.83. The lowest BCUT2D eigenvalue weighted by Crippen LogP contribution is -2.13. The molecular formula is C23H16BrNO4. The second-order valence-electron chi connectivity index (χ2n) is 6.36. The maximum Gasteiger partial charge on any atom is 0.344 e. The molecule has 0 aliphatic rings. The van der Waals surface area contributed by atoms with Gasteiger partial charge in [0.15, 0.2) is 0 Å². The molecule has 144 valence electrons. The molecule has 6 heteroatoms. The van der Waals surface area contributed by atoms with E-state index in [9.17, 15) is 9.59 Å². The van der Waals surface area contributed by atoms with Gasteiger partial charge >= 0.3 is 5.63 Å². The van der Waals surface area contributed by atoms with E-state index in [-0.39, 0.29) is 5.91 Å². The summed E-state index contributed by atoms with van der Waals surface area (Å²) in [5, 5.41) is 3.67. The minimum Gasteiger partial charge on any atom is -0.495 e. The van der Waals surface area contributed by atoms with E-state index < -0.39 is 5.63 Å². The van der Waals surface area contributed by atoms with E-state index in [1.807, 2.05) is 24.3 Å². The quantitative estimate of drug-likeness (QED) is 0.418. The third-order valence-electron chi connectivity index (χ3n) is 4.49. The molecule has 1 heterocycles. The average Bonchev–Trinajstić information content (AvgIpc) is 2.73. The van der Waals surface area contributed by atoms with E-state index >= 15 is 0 Å². The number of amides is 1. The van der Waals surface area contributed by atoms with Crippen LogP contribution >= 0.6 is 15.9 Å². The van der Waals surface area contributed by atoms with E-state index in [1.54, 1.807) is 48.5 Å². The van der Waals surface area contributed by atoms with Crippen LogP contribution in [0.3, 0.4) is 0 Å². The highest BCUT2D eigenvalue weighted by Gasteiger charge is 2.14. The van der Waals surface area contributed by atoms with E-state index in [2.05, 4.69) is 21.2 Å². The van der Waals surface area contributed by atoms with Gasteiger partial charge in [-0.15, -0.1) is 0 Å². The fourth-order valence-corrected chi connectivity index (χ4v) is 3.46. The van der Waals surface area contributed by atoms with Crippen molar-refractivity contribution in [2.75, 3.05) is 12.4 Å². The third kappa shape index (κ3) is 3.93. The summed E-state index contributed by atoms with van der Waals surface area (Å²) in [6.45, 7) is 0. The molecule has 0 spiro atoms.